The van der Waals surface area contributed by atoms with E-state index >= 15 is 0 Å². The summed E-state index contributed by atoms with van der Waals surface area (Å²) in [5, 5.41) is 13.3. The van der Waals surface area contributed by atoms with Gasteiger partial charge in [0, 0.05) is 11.6 Å². The Morgan fingerprint density at radius 3 is 2.80 bits per heavy atom. The highest BCUT2D eigenvalue weighted by atomic mass is 16.3. The molecule has 15 heavy (non-hydrogen) atoms. The highest BCUT2D eigenvalue weighted by Crippen LogP contribution is 2.32. The monoisotopic (exact) mass is 205 g/mol. The molecule has 2 nitrogen and oxygen atoms in total. The Hall–Kier alpha value is -1.02. The molecule has 1 heterocycles. The second kappa shape index (κ2) is 4.23. The predicted molar refractivity (Wildman–Crippen MR) is 62.2 cm³/mol. The van der Waals surface area contributed by atoms with Crippen LogP contribution in [-0.2, 0) is 0 Å². The van der Waals surface area contributed by atoms with Crippen molar-refractivity contribution < 1.29 is 5.11 Å². The third-order valence-corrected chi connectivity index (χ3v) is 3.15. The van der Waals surface area contributed by atoms with Gasteiger partial charge < -0.3 is 10.4 Å². The highest BCUT2D eigenvalue weighted by Gasteiger charge is 2.19. The summed E-state index contributed by atoms with van der Waals surface area (Å²) in [6.45, 7) is 5.42. The molecule has 82 valence electrons. The molecule has 1 atom stereocenters. The molecule has 2 heteroatoms. The third kappa shape index (κ3) is 2.15. The third-order valence-electron chi connectivity index (χ3n) is 3.15. The van der Waals surface area contributed by atoms with Gasteiger partial charge in [0.1, 0.15) is 5.75 Å². The quantitative estimate of drug-likeness (QED) is 0.778. The van der Waals surface area contributed by atoms with E-state index in [2.05, 4.69) is 25.2 Å². The van der Waals surface area contributed by atoms with Crippen LogP contribution in [0.1, 0.15) is 49.8 Å². The molecule has 0 amide bonds. The van der Waals surface area contributed by atoms with Crippen LogP contribution in [0.15, 0.2) is 18.2 Å². The van der Waals surface area contributed by atoms with Crippen LogP contribution >= 0.6 is 0 Å². The van der Waals surface area contributed by atoms with Crippen molar-refractivity contribution in [2.45, 2.75) is 38.6 Å². The largest absolute Gasteiger partial charge is 0.508 e. The van der Waals surface area contributed by atoms with Gasteiger partial charge in [0.05, 0.1) is 0 Å². The molecule has 1 aromatic rings. The summed E-state index contributed by atoms with van der Waals surface area (Å²) in [5.41, 5.74) is 2.37. The molecule has 0 aromatic heterocycles. The van der Waals surface area contributed by atoms with Gasteiger partial charge in [-0.05, 0) is 36.9 Å². The molecular weight excluding hydrogens is 186 g/mol. The van der Waals surface area contributed by atoms with Crippen LogP contribution in [0.2, 0.25) is 0 Å². The van der Waals surface area contributed by atoms with Gasteiger partial charge in [-0.2, -0.15) is 0 Å². The first-order valence-corrected chi connectivity index (χ1v) is 5.74. The van der Waals surface area contributed by atoms with Gasteiger partial charge in [0.2, 0.25) is 0 Å². The van der Waals surface area contributed by atoms with E-state index in [4.69, 9.17) is 0 Å². The second-order valence-corrected chi connectivity index (χ2v) is 4.62. The Bertz CT molecular complexity index is 340. The van der Waals surface area contributed by atoms with Crippen LogP contribution in [0.3, 0.4) is 0 Å². The molecule has 0 saturated carbocycles. The van der Waals surface area contributed by atoms with Crippen LogP contribution in [0.25, 0.3) is 0 Å². The lowest BCUT2D eigenvalue weighted by Crippen LogP contribution is -2.13. The maximum Gasteiger partial charge on any atom is 0.120 e. The van der Waals surface area contributed by atoms with E-state index in [9.17, 15) is 5.11 Å². The van der Waals surface area contributed by atoms with E-state index < -0.39 is 0 Å². The van der Waals surface area contributed by atoms with E-state index in [0.29, 0.717) is 17.7 Å². The number of nitrogens with one attached hydrogen (secondary N) is 1. The molecular formula is C13H19NO. The van der Waals surface area contributed by atoms with Crippen molar-refractivity contribution in [3.8, 4) is 5.75 Å². The van der Waals surface area contributed by atoms with Gasteiger partial charge in [0.25, 0.3) is 0 Å². The SMILES string of the molecule is CC(C)c1ccc(O)c(C2CCCN2)c1. The minimum atomic E-state index is 0.351. The van der Waals surface area contributed by atoms with Crippen molar-refractivity contribution in [1.29, 1.82) is 0 Å². The molecule has 0 radical (unpaired) electrons. The maximum atomic E-state index is 9.84. The number of phenolic OH excluding ortho intramolecular Hbond substituents is 1. The number of aromatic hydroxyl groups is 1. The molecule has 1 aliphatic heterocycles. The van der Waals surface area contributed by atoms with Crippen molar-refractivity contribution in [3.63, 3.8) is 0 Å². The zero-order valence-corrected chi connectivity index (χ0v) is 9.46. The first-order valence-electron chi connectivity index (χ1n) is 5.74. The lowest BCUT2D eigenvalue weighted by molar-refractivity contribution is 0.456. The fourth-order valence-corrected chi connectivity index (χ4v) is 2.16. The van der Waals surface area contributed by atoms with Crippen molar-refractivity contribution in [1.82, 2.24) is 5.32 Å². The molecule has 1 aliphatic rings. The Kier molecular flexibility index (Phi) is 2.96. The van der Waals surface area contributed by atoms with Crippen LogP contribution < -0.4 is 5.32 Å². The smallest absolute Gasteiger partial charge is 0.120 e. The minimum Gasteiger partial charge on any atom is -0.508 e. The normalized spacial score (nSPS) is 21.1. The summed E-state index contributed by atoms with van der Waals surface area (Å²) in [6.07, 6.45) is 2.34. The van der Waals surface area contributed by atoms with Crippen molar-refractivity contribution in [2.24, 2.45) is 0 Å². The highest BCUT2D eigenvalue weighted by molar-refractivity contribution is 5.39. The first-order chi connectivity index (χ1) is 7.18. The number of hydrogen-bond acceptors (Lipinski definition) is 2. The second-order valence-electron chi connectivity index (χ2n) is 4.62. The van der Waals surface area contributed by atoms with Crippen LogP contribution in [0.5, 0.6) is 5.75 Å². The van der Waals surface area contributed by atoms with E-state index in [1.807, 2.05) is 12.1 Å². The van der Waals surface area contributed by atoms with E-state index in [0.717, 1.165) is 18.5 Å². The van der Waals surface area contributed by atoms with Crippen molar-refractivity contribution in [2.75, 3.05) is 6.54 Å². The Morgan fingerprint density at radius 2 is 2.20 bits per heavy atom. The van der Waals surface area contributed by atoms with E-state index in [1.54, 1.807) is 0 Å². The first kappa shape index (κ1) is 10.5. The summed E-state index contributed by atoms with van der Waals surface area (Å²) in [5.74, 6) is 0.949. The fourth-order valence-electron chi connectivity index (χ4n) is 2.16. The van der Waals surface area contributed by atoms with Crippen LogP contribution in [-0.4, -0.2) is 11.7 Å². The van der Waals surface area contributed by atoms with Gasteiger partial charge in [-0.25, -0.2) is 0 Å². The average Bonchev–Trinajstić information content (AvgIpc) is 2.71. The Balaban J connectivity index is 2.31. The van der Waals surface area contributed by atoms with Gasteiger partial charge >= 0.3 is 0 Å². The number of hydrogen-bond donors (Lipinski definition) is 2. The van der Waals surface area contributed by atoms with Crippen LogP contribution in [0.4, 0.5) is 0 Å². The maximum absolute atomic E-state index is 9.84. The Labute approximate surface area is 91.3 Å². The summed E-state index contributed by atoms with van der Waals surface area (Å²) in [4.78, 5) is 0. The summed E-state index contributed by atoms with van der Waals surface area (Å²) < 4.78 is 0. The molecule has 1 aromatic carbocycles. The standard InChI is InChI=1S/C13H19NO/c1-9(2)10-5-6-13(15)11(8-10)12-4-3-7-14-12/h5-6,8-9,12,14-15H,3-4,7H2,1-2H3. The van der Waals surface area contributed by atoms with Crippen molar-refractivity contribution >= 4 is 0 Å². The zero-order chi connectivity index (χ0) is 10.8. The fraction of sp³-hybridized carbons (Fsp3) is 0.538. The lowest BCUT2D eigenvalue weighted by atomic mass is 9.96. The lowest BCUT2D eigenvalue weighted by Gasteiger charge is -2.15. The topological polar surface area (TPSA) is 32.3 Å². The zero-order valence-electron chi connectivity index (χ0n) is 9.46. The molecule has 2 rings (SSSR count). The number of rotatable bonds is 2. The number of benzene rings is 1. The minimum absolute atomic E-state index is 0.351. The van der Waals surface area contributed by atoms with E-state index in [1.165, 1.54) is 12.0 Å². The number of phenols is 1. The predicted octanol–water partition coefficient (Wildman–Crippen LogP) is 2.94. The molecule has 1 fully saturated rings. The molecule has 2 N–H and O–H groups in total. The Morgan fingerprint density at radius 1 is 1.40 bits per heavy atom. The van der Waals surface area contributed by atoms with Crippen LogP contribution in [0, 0.1) is 0 Å². The van der Waals surface area contributed by atoms with Gasteiger partial charge in [-0.3, -0.25) is 0 Å². The molecule has 0 spiro atoms. The van der Waals surface area contributed by atoms with Crippen molar-refractivity contribution in [3.05, 3.63) is 29.3 Å². The average molecular weight is 205 g/mol. The molecule has 0 bridgehead atoms. The summed E-state index contributed by atoms with van der Waals surface area (Å²) in [6, 6.07) is 6.33. The van der Waals surface area contributed by atoms with E-state index in [-0.39, 0.29) is 0 Å². The van der Waals surface area contributed by atoms with Gasteiger partial charge in [-0.1, -0.05) is 26.0 Å². The molecule has 0 aliphatic carbocycles. The molecule has 1 saturated heterocycles. The van der Waals surface area contributed by atoms with Gasteiger partial charge in [-0.15, -0.1) is 0 Å². The van der Waals surface area contributed by atoms with Gasteiger partial charge in [0.15, 0.2) is 0 Å². The summed E-state index contributed by atoms with van der Waals surface area (Å²) in [7, 11) is 0. The molecule has 1 unspecified atom stereocenters. The summed E-state index contributed by atoms with van der Waals surface area (Å²) >= 11 is 0.